The smallest absolute Gasteiger partial charge is 0.259 e. The number of carbonyl (C=O) groups excluding carboxylic acids is 2. The zero-order valence-electron chi connectivity index (χ0n) is 14.8. The van der Waals surface area contributed by atoms with Crippen LogP contribution in [-0.2, 0) is 4.79 Å². The molecule has 0 unspecified atom stereocenters. The van der Waals surface area contributed by atoms with E-state index in [1.54, 1.807) is 54.6 Å². The summed E-state index contributed by atoms with van der Waals surface area (Å²) >= 11 is 17.8. The Bertz CT molecular complexity index is 1060. The molecule has 0 spiro atoms. The molecule has 0 aliphatic heterocycles. The zero-order valence-corrected chi connectivity index (χ0v) is 17.1. The lowest BCUT2D eigenvalue weighted by Crippen LogP contribution is -2.34. The number of hydrogen-bond donors (Lipinski definition) is 2. The highest BCUT2D eigenvalue weighted by molar-refractivity contribution is 6.36. The molecule has 0 saturated heterocycles. The largest absolute Gasteiger partial charge is 0.455 e. The van der Waals surface area contributed by atoms with Crippen LogP contribution in [0, 0.1) is 0 Å². The highest BCUT2D eigenvalue weighted by Gasteiger charge is 2.09. The van der Waals surface area contributed by atoms with Crippen molar-refractivity contribution in [1.29, 1.82) is 0 Å². The van der Waals surface area contributed by atoms with E-state index >= 15 is 0 Å². The molecule has 0 saturated carbocycles. The molecule has 2 amide bonds. The summed E-state index contributed by atoms with van der Waals surface area (Å²) < 4.78 is 5.63. The molecule has 2 aromatic carbocycles. The molecule has 0 aliphatic carbocycles. The van der Waals surface area contributed by atoms with E-state index in [1.165, 1.54) is 6.21 Å². The van der Waals surface area contributed by atoms with Crippen LogP contribution in [0.5, 0.6) is 0 Å². The molecule has 6 nitrogen and oxygen atoms in total. The van der Waals surface area contributed by atoms with Crippen molar-refractivity contribution in [2.45, 2.75) is 0 Å². The van der Waals surface area contributed by atoms with E-state index in [-0.39, 0.29) is 6.54 Å². The minimum absolute atomic E-state index is 0.234. The number of hydrazone groups is 1. The van der Waals surface area contributed by atoms with E-state index < -0.39 is 11.8 Å². The molecule has 2 N–H and O–H groups in total. The predicted molar refractivity (Wildman–Crippen MR) is 114 cm³/mol. The summed E-state index contributed by atoms with van der Waals surface area (Å²) in [4.78, 5) is 23.7. The summed E-state index contributed by atoms with van der Waals surface area (Å²) in [7, 11) is 0. The fourth-order valence-electron chi connectivity index (χ4n) is 2.33. The van der Waals surface area contributed by atoms with E-state index in [0.717, 1.165) is 0 Å². The lowest BCUT2D eigenvalue weighted by atomic mass is 10.2. The van der Waals surface area contributed by atoms with Crippen molar-refractivity contribution in [3.8, 4) is 11.3 Å². The van der Waals surface area contributed by atoms with Gasteiger partial charge in [0.1, 0.15) is 11.5 Å². The molecular weight excluding hydrogens is 437 g/mol. The van der Waals surface area contributed by atoms with Gasteiger partial charge in [-0.15, -0.1) is 0 Å². The Morgan fingerprint density at radius 2 is 1.69 bits per heavy atom. The molecule has 1 heterocycles. The standard InChI is InChI=1S/C20H14Cl3N3O3/c21-13-3-1-12(2-4-13)20(28)24-11-19(27)26-25-10-15-6-8-18(29-15)16-7-5-14(22)9-17(16)23/h1-10H,11H2,(H,24,28)(H,26,27)/b25-10-. The van der Waals surface area contributed by atoms with Gasteiger partial charge < -0.3 is 9.73 Å². The Morgan fingerprint density at radius 3 is 2.41 bits per heavy atom. The first-order valence-electron chi connectivity index (χ1n) is 8.33. The third-order valence-corrected chi connectivity index (χ3v) is 4.52. The minimum Gasteiger partial charge on any atom is -0.455 e. The van der Waals surface area contributed by atoms with Crippen molar-refractivity contribution in [1.82, 2.24) is 10.7 Å². The van der Waals surface area contributed by atoms with Gasteiger partial charge in [0.15, 0.2) is 0 Å². The monoisotopic (exact) mass is 449 g/mol. The van der Waals surface area contributed by atoms with Gasteiger partial charge in [-0.2, -0.15) is 5.10 Å². The van der Waals surface area contributed by atoms with Gasteiger partial charge in [-0.05, 0) is 54.6 Å². The Balaban J connectivity index is 1.51. The van der Waals surface area contributed by atoms with E-state index in [2.05, 4.69) is 15.8 Å². The summed E-state index contributed by atoms with van der Waals surface area (Å²) in [5.74, 6) is 0.0681. The van der Waals surface area contributed by atoms with Crippen molar-refractivity contribution in [2.75, 3.05) is 6.54 Å². The van der Waals surface area contributed by atoms with Crippen LogP contribution in [0.25, 0.3) is 11.3 Å². The fraction of sp³-hybridized carbons (Fsp3) is 0.0500. The van der Waals surface area contributed by atoms with Crippen LogP contribution in [0.15, 0.2) is 64.1 Å². The van der Waals surface area contributed by atoms with Crippen molar-refractivity contribution >= 4 is 52.8 Å². The highest BCUT2D eigenvalue weighted by Crippen LogP contribution is 2.31. The van der Waals surface area contributed by atoms with Crippen LogP contribution < -0.4 is 10.7 Å². The van der Waals surface area contributed by atoms with Crippen LogP contribution in [0.1, 0.15) is 16.1 Å². The second-order valence-corrected chi connectivity index (χ2v) is 7.09. The summed E-state index contributed by atoms with van der Waals surface area (Å²) in [5, 5.41) is 7.80. The summed E-state index contributed by atoms with van der Waals surface area (Å²) in [5.41, 5.74) is 3.39. The number of nitrogens with one attached hydrogen (secondary N) is 2. The number of halogens is 3. The first-order valence-corrected chi connectivity index (χ1v) is 9.47. The van der Waals surface area contributed by atoms with E-state index in [1.807, 2.05) is 0 Å². The number of amides is 2. The average Bonchev–Trinajstić information content (AvgIpc) is 3.15. The molecule has 3 rings (SSSR count). The lowest BCUT2D eigenvalue weighted by Gasteiger charge is -2.04. The molecule has 0 atom stereocenters. The van der Waals surface area contributed by atoms with E-state index in [4.69, 9.17) is 39.2 Å². The molecule has 0 radical (unpaired) electrons. The fourth-order valence-corrected chi connectivity index (χ4v) is 2.96. The number of benzene rings is 2. The van der Waals surface area contributed by atoms with Crippen LogP contribution in [0.3, 0.4) is 0 Å². The van der Waals surface area contributed by atoms with Gasteiger partial charge in [0.2, 0.25) is 0 Å². The molecular formula is C20H14Cl3N3O3. The van der Waals surface area contributed by atoms with Crippen LogP contribution in [0.4, 0.5) is 0 Å². The molecule has 29 heavy (non-hydrogen) atoms. The molecule has 0 aliphatic rings. The molecule has 9 heteroatoms. The van der Waals surface area contributed by atoms with Crippen LogP contribution in [0.2, 0.25) is 15.1 Å². The topological polar surface area (TPSA) is 83.7 Å². The average molecular weight is 451 g/mol. The zero-order chi connectivity index (χ0) is 20.8. The Kier molecular flexibility index (Phi) is 6.93. The Labute approximate surface area is 181 Å². The third kappa shape index (κ3) is 5.84. The quantitative estimate of drug-likeness (QED) is 0.418. The number of nitrogens with zero attached hydrogens (tertiary/aromatic N) is 1. The summed E-state index contributed by atoms with van der Waals surface area (Å²) in [6, 6.07) is 14.8. The van der Waals surface area contributed by atoms with Crippen molar-refractivity contribution in [3.05, 3.63) is 81.0 Å². The van der Waals surface area contributed by atoms with Gasteiger partial charge in [-0.3, -0.25) is 9.59 Å². The van der Waals surface area contributed by atoms with Gasteiger partial charge in [0, 0.05) is 21.2 Å². The molecule has 0 bridgehead atoms. The SMILES string of the molecule is O=C(CNC(=O)c1ccc(Cl)cc1)N/N=C\c1ccc(-c2ccc(Cl)cc2Cl)o1. The first kappa shape index (κ1) is 20.9. The van der Waals surface area contributed by atoms with Crippen LogP contribution in [-0.4, -0.2) is 24.6 Å². The van der Waals surface area contributed by atoms with Gasteiger partial charge >= 0.3 is 0 Å². The van der Waals surface area contributed by atoms with Gasteiger partial charge in [-0.1, -0.05) is 34.8 Å². The van der Waals surface area contributed by atoms with Crippen molar-refractivity contribution in [3.63, 3.8) is 0 Å². The molecule has 148 valence electrons. The number of rotatable bonds is 6. The van der Waals surface area contributed by atoms with Gasteiger partial charge in [0.05, 0.1) is 17.8 Å². The maximum Gasteiger partial charge on any atom is 0.259 e. The van der Waals surface area contributed by atoms with E-state index in [0.29, 0.717) is 37.7 Å². The number of carbonyl (C=O) groups is 2. The lowest BCUT2D eigenvalue weighted by molar-refractivity contribution is -0.120. The van der Waals surface area contributed by atoms with Crippen LogP contribution >= 0.6 is 34.8 Å². The Morgan fingerprint density at radius 1 is 0.966 bits per heavy atom. The predicted octanol–water partition coefficient (Wildman–Crippen LogP) is 4.79. The highest BCUT2D eigenvalue weighted by atomic mass is 35.5. The third-order valence-electron chi connectivity index (χ3n) is 3.72. The number of hydrogen-bond acceptors (Lipinski definition) is 4. The van der Waals surface area contributed by atoms with Gasteiger partial charge in [0.25, 0.3) is 11.8 Å². The van der Waals surface area contributed by atoms with Gasteiger partial charge in [-0.25, -0.2) is 5.43 Å². The van der Waals surface area contributed by atoms with Crippen molar-refractivity contribution in [2.24, 2.45) is 5.10 Å². The van der Waals surface area contributed by atoms with Crippen molar-refractivity contribution < 1.29 is 14.0 Å². The normalized spacial score (nSPS) is 10.9. The summed E-state index contributed by atoms with van der Waals surface area (Å²) in [6.07, 6.45) is 1.34. The second-order valence-electron chi connectivity index (χ2n) is 5.81. The maximum atomic E-state index is 11.9. The maximum absolute atomic E-state index is 11.9. The second kappa shape index (κ2) is 9.60. The molecule has 3 aromatic rings. The first-order chi connectivity index (χ1) is 13.9. The molecule has 1 aromatic heterocycles. The number of furan rings is 1. The summed E-state index contributed by atoms with van der Waals surface area (Å²) in [6.45, 7) is -0.234. The van der Waals surface area contributed by atoms with E-state index in [9.17, 15) is 9.59 Å². The minimum atomic E-state index is -0.490. The Hall–Kier alpha value is -2.80. The molecule has 0 fully saturated rings.